The molecule has 3 N–H and O–H groups in total. The molecule has 1 aliphatic carbocycles. The number of nitrogens with zero attached hydrogens (tertiary/aromatic N) is 1. The van der Waals surface area contributed by atoms with Gasteiger partial charge < -0.3 is 5.73 Å². The molecule has 1 heterocycles. The molecule has 2 fully saturated rings. The summed E-state index contributed by atoms with van der Waals surface area (Å²) in [5.74, 6) is 0. The number of nitrogens with two attached hydrogens (primary N) is 1. The van der Waals surface area contributed by atoms with Crippen LogP contribution >= 0.6 is 0 Å². The molecular weight excluding hydrogens is 274 g/mol. The summed E-state index contributed by atoms with van der Waals surface area (Å²) < 4.78 is 29.5. The molecule has 2 aliphatic rings. The van der Waals surface area contributed by atoms with Crippen molar-refractivity contribution in [2.24, 2.45) is 11.1 Å². The Labute approximate surface area is 123 Å². The molecule has 1 unspecified atom stereocenters. The van der Waals surface area contributed by atoms with Crippen molar-refractivity contribution in [3.05, 3.63) is 0 Å². The Morgan fingerprint density at radius 2 is 1.95 bits per heavy atom. The summed E-state index contributed by atoms with van der Waals surface area (Å²) in [4.78, 5) is 0. The first kappa shape index (κ1) is 16.2. The minimum absolute atomic E-state index is 0.0256. The molecule has 1 aliphatic heterocycles. The van der Waals surface area contributed by atoms with E-state index in [0.717, 1.165) is 38.5 Å². The van der Waals surface area contributed by atoms with Gasteiger partial charge in [0.25, 0.3) is 10.2 Å². The standard InChI is InChI=1S/C14H29N3O2S/c1-2-14(8-4-5-9-14)12-16-20(18,19)17-10-6-3-7-13(17)11-15/h13,16H,2-12,15H2,1H3. The third-order valence-electron chi connectivity index (χ3n) is 5.20. The minimum Gasteiger partial charge on any atom is -0.329 e. The second-order valence-corrected chi connectivity index (χ2v) is 8.09. The van der Waals surface area contributed by atoms with E-state index in [2.05, 4.69) is 11.6 Å². The first-order valence-corrected chi connectivity index (χ1v) is 9.43. The summed E-state index contributed by atoms with van der Waals surface area (Å²) >= 11 is 0. The molecule has 1 saturated carbocycles. The lowest BCUT2D eigenvalue weighted by molar-refractivity contribution is 0.244. The van der Waals surface area contributed by atoms with Crippen LogP contribution in [-0.4, -0.2) is 38.4 Å². The first-order valence-electron chi connectivity index (χ1n) is 7.99. The normalized spacial score (nSPS) is 27.8. The number of nitrogens with one attached hydrogen (secondary N) is 1. The summed E-state index contributed by atoms with van der Waals surface area (Å²) in [6.07, 6.45) is 8.70. The highest BCUT2D eigenvalue weighted by Crippen LogP contribution is 2.40. The first-order chi connectivity index (χ1) is 9.53. The highest BCUT2D eigenvalue weighted by molar-refractivity contribution is 7.87. The minimum atomic E-state index is -3.38. The number of hydrogen-bond acceptors (Lipinski definition) is 3. The van der Waals surface area contributed by atoms with E-state index in [1.54, 1.807) is 4.31 Å². The van der Waals surface area contributed by atoms with Gasteiger partial charge in [0.15, 0.2) is 0 Å². The molecular formula is C14H29N3O2S. The third-order valence-corrected chi connectivity index (χ3v) is 6.81. The van der Waals surface area contributed by atoms with Gasteiger partial charge in [0.1, 0.15) is 0 Å². The van der Waals surface area contributed by atoms with Crippen molar-refractivity contribution in [2.45, 2.75) is 64.3 Å². The molecule has 1 atom stereocenters. The van der Waals surface area contributed by atoms with Gasteiger partial charge in [-0.15, -0.1) is 0 Å². The zero-order valence-corrected chi connectivity index (χ0v) is 13.4. The Kier molecular flexibility index (Phi) is 5.45. The highest BCUT2D eigenvalue weighted by Gasteiger charge is 2.36. The smallest absolute Gasteiger partial charge is 0.279 e. The quantitative estimate of drug-likeness (QED) is 0.782. The van der Waals surface area contributed by atoms with Crippen LogP contribution in [-0.2, 0) is 10.2 Å². The Balaban J connectivity index is 1.99. The van der Waals surface area contributed by atoms with Gasteiger partial charge in [-0.1, -0.05) is 26.2 Å². The maximum absolute atomic E-state index is 12.5. The van der Waals surface area contributed by atoms with Crippen LogP contribution in [0.3, 0.4) is 0 Å². The topological polar surface area (TPSA) is 75.4 Å². The lowest BCUT2D eigenvalue weighted by Crippen LogP contribution is -2.53. The van der Waals surface area contributed by atoms with Gasteiger partial charge in [0, 0.05) is 25.7 Å². The van der Waals surface area contributed by atoms with Crippen molar-refractivity contribution >= 4 is 10.2 Å². The van der Waals surface area contributed by atoms with E-state index >= 15 is 0 Å². The molecule has 0 spiro atoms. The fourth-order valence-electron chi connectivity index (χ4n) is 3.63. The van der Waals surface area contributed by atoms with Crippen LogP contribution in [0.25, 0.3) is 0 Å². The van der Waals surface area contributed by atoms with Crippen LogP contribution in [0.4, 0.5) is 0 Å². The van der Waals surface area contributed by atoms with Crippen molar-refractivity contribution in [3.8, 4) is 0 Å². The van der Waals surface area contributed by atoms with Crippen molar-refractivity contribution in [1.82, 2.24) is 9.03 Å². The zero-order valence-electron chi connectivity index (χ0n) is 12.6. The van der Waals surface area contributed by atoms with Gasteiger partial charge in [-0.3, -0.25) is 0 Å². The predicted molar refractivity (Wildman–Crippen MR) is 81.5 cm³/mol. The van der Waals surface area contributed by atoms with Crippen molar-refractivity contribution in [3.63, 3.8) is 0 Å². The van der Waals surface area contributed by atoms with E-state index in [9.17, 15) is 8.42 Å². The largest absolute Gasteiger partial charge is 0.329 e. The fourth-order valence-corrected chi connectivity index (χ4v) is 5.24. The van der Waals surface area contributed by atoms with Gasteiger partial charge in [0.05, 0.1) is 0 Å². The molecule has 0 aromatic carbocycles. The zero-order chi connectivity index (χ0) is 14.6. The van der Waals surface area contributed by atoms with E-state index in [1.165, 1.54) is 12.8 Å². The lowest BCUT2D eigenvalue weighted by atomic mass is 9.84. The van der Waals surface area contributed by atoms with Crippen LogP contribution in [0.1, 0.15) is 58.3 Å². The molecule has 0 radical (unpaired) electrons. The van der Waals surface area contributed by atoms with Gasteiger partial charge in [-0.2, -0.15) is 12.7 Å². The molecule has 0 bridgehead atoms. The monoisotopic (exact) mass is 303 g/mol. The molecule has 2 rings (SSSR count). The van der Waals surface area contributed by atoms with E-state index in [0.29, 0.717) is 19.6 Å². The van der Waals surface area contributed by atoms with Crippen LogP contribution in [0.5, 0.6) is 0 Å². The molecule has 0 aromatic heterocycles. The Morgan fingerprint density at radius 3 is 2.55 bits per heavy atom. The highest BCUT2D eigenvalue weighted by atomic mass is 32.2. The summed E-state index contributed by atoms with van der Waals surface area (Å²) in [6.45, 7) is 3.78. The van der Waals surface area contributed by atoms with Crippen molar-refractivity contribution in [2.75, 3.05) is 19.6 Å². The fraction of sp³-hybridized carbons (Fsp3) is 1.00. The number of hydrogen-bond donors (Lipinski definition) is 2. The van der Waals surface area contributed by atoms with E-state index in [-0.39, 0.29) is 11.5 Å². The average Bonchev–Trinajstić information content (AvgIpc) is 2.95. The molecule has 1 saturated heterocycles. The van der Waals surface area contributed by atoms with Gasteiger partial charge in [-0.25, -0.2) is 4.72 Å². The van der Waals surface area contributed by atoms with Gasteiger partial charge in [-0.05, 0) is 37.5 Å². The van der Waals surface area contributed by atoms with Gasteiger partial charge in [0.2, 0.25) is 0 Å². The maximum Gasteiger partial charge on any atom is 0.279 e. The number of rotatable bonds is 6. The molecule has 20 heavy (non-hydrogen) atoms. The van der Waals surface area contributed by atoms with E-state index in [4.69, 9.17) is 5.73 Å². The molecule has 0 amide bonds. The predicted octanol–water partition coefficient (Wildman–Crippen LogP) is 1.60. The Bertz CT molecular complexity index is 405. The SMILES string of the molecule is CCC1(CNS(=O)(=O)N2CCCCC2CN)CCCC1. The summed E-state index contributed by atoms with van der Waals surface area (Å²) in [5, 5.41) is 0. The second-order valence-electron chi connectivity index (χ2n) is 6.38. The van der Waals surface area contributed by atoms with Crippen molar-refractivity contribution in [1.29, 1.82) is 0 Å². The summed E-state index contributed by atoms with van der Waals surface area (Å²) in [7, 11) is -3.38. The Hall–Kier alpha value is -0.170. The number of piperidine rings is 1. The van der Waals surface area contributed by atoms with E-state index < -0.39 is 10.2 Å². The van der Waals surface area contributed by atoms with Crippen LogP contribution in [0, 0.1) is 5.41 Å². The molecule has 118 valence electrons. The molecule has 0 aromatic rings. The van der Waals surface area contributed by atoms with Crippen LogP contribution < -0.4 is 10.5 Å². The molecule has 5 nitrogen and oxygen atoms in total. The summed E-state index contributed by atoms with van der Waals surface area (Å²) in [5.41, 5.74) is 5.91. The van der Waals surface area contributed by atoms with E-state index in [1.807, 2.05) is 0 Å². The second kappa shape index (κ2) is 6.73. The van der Waals surface area contributed by atoms with Crippen molar-refractivity contribution < 1.29 is 8.42 Å². The lowest BCUT2D eigenvalue weighted by Gasteiger charge is -2.35. The summed E-state index contributed by atoms with van der Waals surface area (Å²) in [6, 6.07) is -0.0256. The van der Waals surface area contributed by atoms with Crippen LogP contribution in [0.2, 0.25) is 0 Å². The van der Waals surface area contributed by atoms with Crippen LogP contribution in [0.15, 0.2) is 0 Å². The van der Waals surface area contributed by atoms with Gasteiger partial charge >= 0.3 is 0 Å². The molecule has 6 heteroatoms. The maximum atomic E-state index is 12.5. The third kappa shape index (κ3) is 3.53. The average molecular weight is 303 g/mol. The Morgan fingerprint density at radius 1 is 1.25 bits per heavy atom.